The van der Waals surface area contributed by atoms with Gasteiger partial charge in [-0.05, 0) is 17.7 Å². The maximum absolute atomic E-state index is 12.4. The average Bonchev–Trinajstić information content (AvgIpc) is 2.96. The van der Waals surface area contributed by atoms with Gasteiger partial charge in [0.05, 0.1) is 10.0 Å². The summed E-state index contributed by atoms with van der Waals surface area (Å²) in [6.07, 6.45) is 3.40. The molecule has 1 aromatic carbocycles. The monoisotopic (exact) mass is 358 g/mol. The Kier molecular flexibility index (Phi) is 6.11. The van der Waals surface area contributed by atoms with Gasteiger partial charge in [0, 0.05) is 17.3 Å². The maximum atomic E-state index is 12.4. The van der Waals surface area contributed by atoms with Gasteiger partial charge in [0.1, 0.15) is 5.25 Å². The molecule has 1 amide bonds. The van der Waals surface area contributed by atoms with E-state index in [9.17, 15) is 4.79 Å². The van der Waals surface area contributed by atoms with Crippen LogP contribution in [-0.4, -0.2) is 16.6 Å². The molecule has 1 heterocycles. The van der Waals surface area contributed by atoms with Gasteiger partial charge >= 0.3 is 0 Å². The van der Waals surface area contributed by atoms with Crippen molar-refractivity contribution >= 4 is 57.3 Å². The second kappa shape index (κ2) is 7.84. The summed E-state index contributed by atoms with van der Waals surface area (Å²) in [5, 5.41) is 5.68. The van der Waals surface area contributed by atoms with Gasteiger partial charge in [-0.1, -0.05) is 35.3 Å². The Balaban J connectivity index is 2.22. The Morgan fingerprint density at radius 1 is 1.48 bits per heavy atom. The quantitative estimate of drug-likeness (QED) is 0.734. The number of thiazole rings is 1. The van der Waals surface area contributed by atoms with Gasteiger partial charge in [-0.2, -0.15) is 0 Å². The first-order valence-corrected chi connectivity index (χ1v) is 8.68. The van der Waals surface area contributed by atoms with E-state index in [2.05, 4.69) is 16.9 Å². The molecule has 0 fully saturated rings. The maximum Gasteiger partial charge on any atom is 0.243 e. The third-order valence-corrected chi connectivity index (χ3v) is 5.20. The van der Waals surface area contributed by atoms with Crippen LogP contribution in [0.15, 0.2) is 42.4 Å². The minimum absolute atomic E-state index is 0.143. The van der Waals surface area contributed by atoms with E-state index in [1.165, 1.54) is 23.1 Å². The van der Waals surface area contributed by atoms with Crippen molar-refractivity contribution in [3.63, 3.8) is 0 Å². The van der Waals surface area contributed by atoms with Crippen LogP contribution in [0.1, 0.15) is 10.8 Å². The van der Waals surface area contributed by atoms with Crippen molar-refractivity contribution in [2.75, 3.05) is 11.1 Å². The zero-order chi connectivity index (χ0) is 15.2. The van der Waals surface area contributed by atoms with Crippen LogP contribution in [0.5, 0.6) is 0 Å². The Morgan fingerprint density at radius 2 is 2.29 bits per heavy atom. The van der Waals surface area contributed by atoms with Gasteiger partial charge in [0.2, 0.25) is 5.91 Å². The fraction of sp³-hybridized carbons (Fsp3) is 0.143. The van der Waals surface area contributed by atoms with Crippen molar-refractivity contribution in [2.45, 2.75) is 5.25 Å². The Morgan fingerprint density at radius 3 is 2.90 bits per heavy atom. The Bertz CT molecular complexity index is 632. The molecule has 1 atom stereocenters. The van der Waals surface area contributed by atoms with Gasteiger partial charge in [0.25, 0.3) is 0 Å². The fourth-order valence-electron chi connectivity index (χ4n) is 1.62. The van der Waals surface area contributed by atoms with E-state index in [0.29, 0.717) is 20.9 Å². The lowest BCUT2D eigenvalue weighted by Gasteiger charge is -2.16. The van der Waals surface area contributed by atoms with Crippen LogP contribution in [0.25, 0.3) is 0 Å². The SMILES string of the molecule is C=CCSC(C(=O)Nc1nccs1)c1ccc(Cl)c(Cl)c1. The Hall–Kier alpha value is -1.01. The number of thioether (sulfide) groups is 1. The van der Waals surface area contributed by atoms with Crippen LogP contribution >= 0.6 is 46.3 Å². The molecule has 2 rings (SSSR count). The zero-order valence-electron chi connectivity index (χ0n) is 10.9. The van der Waals surface area contributed by atoms with Crippen LogP contribution in [0.3, 0.4) is 0 Å². The Labute approximate surface area is 141 Å². The first-order valence-electron chi connectivity index (χ1n) is 5.99. The van der Waals surface area contributed by atoms with Gasteiger partial charge in [-0.3, -0.25) is 4.79 Å². The number of amides is 1. The lowest BCUT2D eigenvalue weighted by atomic mass is 10.1. The molecule has 0 aliphatic carbocycles. The van der Waals surface area contributed by atoms with E-state index in [0.717, 1.165) is 5.56 Å². The van der Waals surface area contributed by atoms with Crippen LogP contribution in [-0.2, 0) is 4.79 Å². The standard InChI is InChI=1S/C14H12Cl2N2OS2/c1-2-6-20-12(9-3-4-10(15)11(16)8-9)13(19)18-14-17-5-7-21-14/h2-5,7-8,12H,1,6H2,(H,17,18,19). The molecule has 0 bridgehead atoms. The number of benzene rings is 1. The highest BCUT2D eigenvalue weighted by Gasteiger charge is 2.22. The summed E-state index contributed by atoms with van der Waals surface area (Å²) in [4.78, 5) is 16.5. The number of nitrogens with zero attached hydrogens (tertiary/aromatic N) is 1. The van der Waals surface area contributed by atoms with Crippen LogP contribution in [0, 0.1) is 0 Å². The molecule has 0 radical (unpaired) electrons. The second-order valence-electron chi connectivity index (χ2n) is 4.00. The highest BCUT2D eigenvalue weighted by Crippen LogP contribution is 2.34. The van der Waals surface area contributed by atoms with Gasteiger partial charge in [0.15, 0.2) is 5.13 Å². The molecule has 7 heteroatoms. The predicted octanol–water partition coefficient (Wildman–Crippen LogP) is 5.05. The van der Waals surface area contributed by atoms with Gasteiger partial charge in [-0.15, -0.1) is 29.7 Å². The fourth-order valence-corrected chi connectivity index (χ4v) is 3.34. The molecule has 0 aliphatic rings. The number of nitrogens with one attached hydrogen (secondary N) is 1. The molecular formula is C14H12Cl2N2OS2. The summed E-state index contributed by atoms with van der Waals surface area (Å²) in [5.74, 6) is 0.506. The van der Waals surface area contributed by atoms with E-state index in [-0.39, 0.29) is 5.91 Å². The van der Waals surface area contributed by atoms with Crippen molar-refractivity contribution in [3.05, 3.63) is 58.0 Å². The summed E-state index contributed by atoms with van der Waals surface area (Å²) < 4.78 is 0. The van der Waals surface area contributed by atoms with E-state index in [4.69, 9.17) is 23.2 Å². The average molecular weight is 359 g/mol. The molecule has 0 aliphatic heterocycles. The number of carbonyl (C=O) groups is 1. The van der Waals surface area contributed by atoms with Gasteiger partial charge < -0.3 is 5.32 Å². The summed E-state index contributed by atoms with van der Waals surface area (Å²) in [6.45, 7) is 3.68. The summed E-state index contributed by atoms with van der Waals surface area (Å²) in [7, 11) is 0. The van der Waals surface area contributed by atoms with E-state index in [1.807, 2.05) is 0 Å². The normalized spacial score (nSPS) is 11.9. The smallest absolute Gasteiger partial charge is 0.243 e. The van der Waals surface area contributed by atoms with Gasteiger partial charge in [-0.25, -0.2) is 4.98 Å². The summed E-state index contributed by atoms with van der Waals surface area (Å²) >= 11 is 14.8. The minimum atomic E-state index is -0.401. The number of rotatable bonds is 6. The predicted molar refractivity (Wildman–Crippen MR) is 92.6 cm³/mol. The molecule has 0 saturated heterocycles. The largest absolute Gasteiger partial charge is 0.301 e. The molecule has 2 aromatic rings. The number of aromatic nitrogens is 1. The number of carbonyl (C=O) groups excluding carboxylic acids is 1. The number of anilines is 1. The molecule has 1 unspecified atom stereocenters. The van der Waals surface area contributed by atoms with Crippen LogP contribution < -0.4 is 5.32 Å². The summed E-state index contributed by atoms with van der Waals surface area (Å²) in [5.41, 5.74) is 0.797. The molecule has 3 nitrogen and oxygen atoms in total. The topological polar surface area (TPSA) is 42.0 Å². The first-order chi connectivity index (χ1) is 10.1. The third kappa shape index (κ3) is 4.48. The molecule has 21 heavy (non-hydrogen) atoms. The van der Waals surface area contributed by atoms with Crippen LogP contribution in [0.2, 0.25) is 10.0 Å². The molecule has 0 spiro atoms. The van der Waals surface area contributed by atoms with Crippen molar-refractivity contribution in [3.8, 4) is 0 Å². The van der Waals surface area contributed by atoms with Crippen molar-refractivity contribution in [2.24, 2.45) is 0 Å². The van der Waals surface area contributed by atoms with E-state index >= 15 is 0 Å². The van der Waals surface area contributed by atoms with E-state index in [1.54, 1.807) is 35.9 Å². The number of hydrogen-bond acceptors (Lipinski definition) is 4. The van der Waals surface area contributed by atoms with Crippen molar-refractivity contribution < 1.29 is 4.79 Å². The molecule has 1 aromatic heterocycles. The second-order valence-corrected chi connectivity index (χ2v) is 6.85. The zero-order valence-corrected chi connectivity index (χ0v) is 14.0. The number of halogens is 2. The molecule has 110 valence electrons. The lowest BCUT2D eigenvalue weighted by molar-refractivity contribution is -0.115. The van der Waals surface area contributed by atoms with E-state index < -0.39 is 5.25 Å². The third-order valence-electron chi connectivity index (χ3n) is 2.53. The molecule has 0 saturated carbocycles. The molecule has 1 N–H and O–H groups in total. The van der Waals surface area contributed by atoms with Crippen molar-refractivity contribution in [1.29, 1.82) is 0 Å². The lowest BCUT2D eigenvalue weighted by Crippen LogP contribution is -2.19. The number of hydrogen-bond donors (Lipinski definition) is 1. The highest BCUT2D eigenvalue weighted by molar-refractivity contribution is 8.00. The minimum Gasteiger partial charge on any atom is -0.301 e. The first kappa shape index (κ1) is 16.4. The van der Waals surface area contributed by atoms with Crippen molar-refractivity contribution in [1.82, 2.24) is 4.98 Å². The molecular weight excluding hydrogens is 347 g/mol. The summed E-state index contributed by atoms with van der Waals surface area (Å²) in [6, 6.07) is 5.21. The van der Waals surface area contributed by atoms with Crippen LogP contribution in [0.4, 0.5) is 5.13 Å². The highest BCUT2D eigenvalue weighted by atomic mass is 35.5.